The van der Waals surface area contributed by atoms with Gasteiger partial charge in [0, 0.05) is 43.5 Å². The Kier molecular flexibility index (Phi) is 29.1. The Morgan fingerprint density at radius 3 is 0.830 bits per heavy atom. The average molecular weight is 720 g/mol. The Morgan fingerprint density at radius 2 is 0.638 bits per heavy atom. The van der Waals surface area contributed by atoms with Crippen LogP contribution >= 0.6 is 0 Å². The van der Waals surface area contributed by atoms with Crippen LogP contribution in [-0.4, -0.2) is 56.3 Å². The molecule has 0 spiro atoms. The second-order valence-corrected chi connectivity index (χ2v) is 8.55. The summed E-state index contributed by atoms with van der Waals surface area (Å²) >= 11 is 0. The maximum absolute atomic E-state index is 4.83. The molecule has 10 heteroatoms. The van der Waals surface area contributed by atoms with Gasteiger partial charge in [0.1, 0.15) is 0 Å². The summed E-state index contributed by atoms with van der Waals surface area (Å²) in [4.78, 5) is 27.6. The van der Waals surface area contributed by atoms with Crippen LogP contribution in [0.1, 0.15) is 27.7 Å². The van der Waals surface area contributed by atoms with Gasteiger partial charge in [-0.15, -0.1) is 0 Å². The first-order valence-electron chi connectivity index (χ1n) is 14.1. The molecule has 0 N–H and O–H groups in total. The van der Waals surface area contributed by atoms with Crippen LogP contribution in [-0.2, 0) is 43.6 Å². The number of benzene rings is 2. The summed E-state index contributed by atoms with van der Waals surface area (Å²) in [5.74, 6) is 0. The molecule has 3 heterocycles. The Hall–Kier alpha value is -3.62. The number of fused-ring (bicyclic) bond motifs is 6. The Bertz CT molecular complexity index is 1480. The number of pyridine rings is 2. The third-order valence-corrected chi connectivity index (χ3v) is 5.51. The van der Waals surface area contributed by atoms with E-state index in [1.165, 1.54) is 0 Å². The van der Waals surface area contributed by atoms with Crippen molar-refractivity contribution in [1.29, 1.82) is 0 Å². The number of rotatable bonds is 4. The molecule has 254 valence electrons. The zero-order valence-electron chi connectivity index (χ0n) is 28.4. The Balaban J connectivity index is -0.00000114. The zero-order chi connectivity index (χ0) is 29.8. The van der Waals surface area contributed by atoms with E-state index in [1.54, 1.807) is 24.8 Å². The smallest absolute Gasteiger partial charge is 0.382 e. The molecule has 0 atom stereocenters. The minimum Gasteiger partial charge on any atom is -0.382 e. The van der Waals surface area contributed by atoms with Crippen LogP contribution in [0.25, 0.3) is 44.1 Å². The second kappa shape index (κ2) is 28.6. The average Bonchev–Trinajstić information content (AvgIpc) is 3.03. The largest absolute Gasteiger partial charge is 2.00 e. The minimum atomic E-state index is 0. The predicted octanol–water partition coefficient (Wildman–Crippen LogP) is 8.91. The number of hydrogen-bond acceptors (Lipinski definition) is 8. The van der Waals surface area contributed by atoms with Crippen molar-refractivity contribution in [2.45, 2.75) is 27.7 Å². The molecule has 47 heavy (non-hydrogen) atoms. The molecule has 0 saturated heterocycles. The fourth-order valence-corrected chi connectivity index (χ4v) is 3.54. The van der Waals surface area contributed by atoms with Gasteiger partial charge < -0.3 is 31.8 Å². The van der Waals surface area contributed by atoms with Crippen molar-refractivity contribution in [2.75, 3.05) is 26.4 Å². The van der Waals surface area contributed by atoms with Crippen molar-refractivity contribution in [3.8, 4) is 0 Å². The van der Waals surface area contributed by atoms with Crippen molar-refractivity contribution in [2.24, 2.45) is 0 Å². The molecule has 0 radical (unpaired) electrons. The van der Waals surface area contributed by atoms with Gasteiger partial charge >= 0.3 is 17.1 Å². The van der Waals surface area contributed by atoms with Crippen LogP contribution < -0.4 is 0 Å². The number of nitrogens with zero attached hydrogens (tertiary/aromatic N) is 6. The zero-order valence-corrected chi connectivity index (χ0v) is 30.6. The molecule has 3 aromatic heterocycles. The first-order chi connectivity index (χ1) is 20.7. The fourth-order valence-electron chi connectivity index (χ4n) is 3.54. The molecule has 0 saturated carbocycles. The van der Waals surface area contributed by atoms with Crippen molar-refractivity contribution < 1.29 is 43.6 Å². The fraction of sp³-hybridized carbons (Fsp3) is 0.216. The van der Waals surface area contributed by atoms with E-state index in [0.29, 0.717) is 0 Å². The van der Waals surface area contributed by atoms with E-state index in [0.717, 1.165) is 70.6 Å². The molecule has 0 aliphatic heterocycles. The Morgan fingerprint density at radius 1 is 0.404 bits per heavy atom. The normalized spacial score (nSPS) is 8.94. The number of aromatic nitrogens is 6. The maximum atomic E-state index is 4.83. The molecule has 2 aromatic carbocycles. The quantitative estimate of drug-likeness (QED) is 0.134. The van der Waals surface area contributed by atoms with Gasteiger partial charge in [0.15, 0.2) is 0 Å². The molecule has 0 aliphatic carbocycles. The van der Waals surface area contributed by atoms with E-state index in [9.17, 15) is 0 Å². The summed E-state index contributed by atoms with van der Waals surface area (Å²) < 4.78 is 9.67. The molecule has 4 bridgehead atoms. The minimum absolute atomic E-state index is 0. The van der Waals surface area contributed by atoms with Gasteiger partial charge in [-0.1, -0.05) is 36.4 Å². The number of hydrogen-bond donors (Lipinski definition) is 0. The van der Waals surface area contributed by atoms with E-state index in [4.69, 9.17) is 9.47 Å². The standard InChI is InChI=1S/C26H18N6.2C4H10O.3CH3.2Fe/c1-2-12-24-23(11-1)27-15-19-7-5-9-21(31-19)17-29-25-13-3-4-14-26(25)30-18-22-10-6-8-20(32-22)16-28-24;2*1-3-5-4-2;;;;;/h1-18H;2*3-4H2,1-2H3;3*1H3;;/q;;;3*-1;;+2. The summed E-state index contributed by atoms with van der Waals surface area (Å²) in [6.45, 7) is 11.3. The monoisotopic (exact) mass is 719 g/mol. The number of para-hydroxylation sites is 4. The topological polar surface area (TPSA) is 95.8 Å². The van der Waals surface area contributed by atoms with Crippen LogP contribution in [0.3, 0.4) is 0 Å². The van der Waals surface area contributed by atoms with Crippen LogP contribution in [0.2, 0.25) is 0 Å². The summed E-state index contributed by atoms with van der Waals surface area (Å²) in [6, 6.07) is 26.9. The van der Waals surface area contributed by atoms with E-state index in [-0.39, 0.29) is 56.4 Å². The Labute approximate surface area is 302 Å². The summed E-state index contributed by atoms with van der Waals surface area (Å²) in [6.07, 6.45) is 6.91. The molecule has 5 aromatic rings. The molecular weight excluding hydrogens is 672 g/mol. The van der Waals surface area contributed by atoms with Gasteiger partial charge in [-0.25, -0.2) is 9.97 Å². The van der Waals surface area contributed by atoms with Crippen LogP contribution in [0.5, 0.6) is 0 Å². The van der Waals surface area contributed by atoms with E-state index >= 15 is 0 Å². The molecule has 0 fully saturated rings. The van der Waals surface area contributed by atoms with E-state index < -0.39 is 0 Å². The molecule has 0 unspecified atom stereocenters. The van der Waals surface area contributed by atoms with Crippen molar-refractivity contribution in [3.05, 3.63) is 132 Å². The van der Waals surface area contributed by atoms with Gasteiger partial charge in [0.05, 0.1) is 68.9 Å². The molecular formula is C37H47Fe2N6O2-. The second-order valence-electron chi connectivity index (χ2n) is 8.55. The van der Waals surface area contributed by atoms with Crippen LogP contribution in [0.4, 0.5) is 0 Å². The van der Waals surface area contributed by atoms with Gasteiger partial charge in [-0.2, -0.15) is 0 Å². The van der Waals surface area contributed by atoms with E-state index in [2.05, 4.69) is 29.9 Å². The maximum Gasteiger partial charge on any atom is 2.00 e. The molecule has 8 nitrogen and oxygen atoms in total. The summed E-state index contributed by atoms with van der Waals surface area (Å²) in [5, 5.41) is 0. The third kappa shape index (κ3) is 17.8. The van der Waals surface area contributed by atoms with Crippen LogP contribution in [0.15, 0.2) is 110 Å². The molecule has 0 aliphatic rings. The van der Waals surface area contributed by atoms with Gasteiger partial charge in [0.2, 0.25) is 0 Å². The van der Waals surface area contributed by atoms with Crippen molar-refractivity contribution in [3.63, 3.8) is 0 Å². The molecule has 0 amide bonds. The first kappa shape index (κ1) is 47.8. The summed E-state index contributed by atoms with van der Waals surface area (Å²) in [5.41, 5.74) is 5.91. The van der Waals surface area contributed by atoms with E-state index in [1.807, 2.05) is 113 Å². The molecule has 5 rings (SSSR count). The van der Waals surface area contributed by atoms with Gasteiger partial charge in [0.25, 0.3) is 0 Å². The van der Waals surface area contributed by atoms with Crippen LogP contribution in [0, 0.1) is 22.3 Å². The van der Waals surface area contributed by atoms with Crippen molar-refractivity contribution >= 4 is 44.1 Å². The third-order valence-electron chi connectivity index (χ3n) is 5.51. The predicted molar refractivity (Wildman–Crippen MR) is 191 cm³/mol. The van der Waals surface area contributed by atoms with Gasteiger partial charge in [-0.05, 0) is 76.2 Å². The summed E-state index contributed by atoms with van der Waals surface area (Å²) in [7, 11) is 0. The van der Waals surface area contributed by atoms with Crippen molar-refractivity contribution in [1.82, 2.24) is 29.9 Å². The van der Waals surface area contributed by atoms with Gasteiger partial charge in [-0.3, -0.25) is 19.9 Å². The SMILES string of the molecule is CCOCC.CCOCC.[CH3-].[CH3-].[CH3-].[Fe+2].[Fe].c1cc2cnc3ccccc3ncc3cccc(cnc4ccccc4ncc(c1)n2)n3. The number of ether oxygens (including phenoxy) is 2. The first-order valence-corrected chi connectivity index (χ1v) is 14.1.